The zero-order valence-corrected chi connectivity index (χ0v) is 13.3. The maximum atomic E-state index is 11.0. The summed E-state index contributed by atoms with van der Waals surface area (Å²) in [4.78, 5) is 12.0. The Bertz CT molecular complexity index is 803. The first kappa shape index (κ1) is 17.4. The van der Waals surface area contributed by atoms with E-state index in [-0.39, 0.29) is 18.3 Å². The minimum absolute atomic E-state index is 0.0686. The highest BCUT2D eigenvalue weighted by Gasteiger charge is 2.12. The Hall–Kier alpha value is -2.91. The lowest BCUT2D eigenvalue weighted by Gasteiger charge is -2.09. The maximum absolute atomic E-state index is 11.0. The normalized spacial score (nSPS) is 10.7. The summed E-state index contributed by atoms with van der Waals surface area (Å²) in [5.74, 6) is -0.212. The molecule has 5 N–H and O–H groups in total. The molecule has 124 valence electrons. The highest BCUT2D eigenvalue weighted by atomic mass is 32.2. The van der Waals surface area contributed by atoms with Gasteiger partial charge >= 0.3 is 0 Å². The van der Waals surface area contributed by atoms with Crippen molar-refractivity contribution in [2.75, 3.05) is 0 Å². The summed E-state index contributed by atoms with van der Waals surface area (Å²) in [7, 11) is 0. The van der Waals surface area contributed by atoms with Crippen molar-refractivity contribution in [2.45, 2.75) is 16.4 Å². The largest absolute Gasteiger partial charge is 0.392 e. The van der Waals surface area contributed by atoms with Crippen molar-refractivity contribution >= 4 is 29.6 Å². The zero-order valence-electron chi connectivity index (χ0n) is 12.5. The molecule has 0 amide bonds. The Morgan fingerprint density at radius 1 is 1.25 bits per heavy atom. The molecule has 9 heteroatoms. The monoisotopic (exact) mass is 345 g/mol. The number of nitrogens with two attached hydrogens (primary N) is 2. The van der Waals surface area contributed by atoms with Gasteiger partial charge in [0, 0.05) is 27.5 Å². The molecule has 2 rings (SSSR count). The SMILES string of the molecule is NC(N)=NN=Cc1cc([N+](=O)[O-])ccc1Sc1ccccc1CO. The third-order valence-electron chi connectivity index (χ3n) is 2.94. The van der Waals surface area contributed by atoms with Gasteiger partial charge in [-0.1, -0.05) is 30.0 Å². The molecule has 0 unspecified atom stereocenters. The van der Waals surface area contributed by atoms with E-state index in [2.05, 4.69) is 10.2 Å². The Morgan fingerprint density at radius 2 is 2.00 bits per heavy atom. The van der Waals surface area contributed by atoms with Gasteiger partial charge in [0.1, 0.15) is 0 Å². The fourth-order valence-electron chi connectivity index (χ4n) is 1.85. The summed E-state index contributed by atoms with van der Waals surface area (Å²) >= 11 is 1.36. The van der Waals surface area contributed by atoms with Crippen molar-refractivity contribution in [3.8, 4) is 0 Å². The average Bonchev–Trinajstić information content (AvgIpc) is 2.56. The molecule has 0 saturated heterocycles. The lowest BCUT2D eigenvalue weighted by molar-refractivity contribution is -0.384. The number of rotatable bonds is 6. The summed E-state index contributed by atoms with van der Waals surface area (Å²) in [6.45, 7) is -0.104. The second-order valence-corrected chi connectivity index (χ2v) is 5.70. The van der Waals surface area contributed by atoms with Crippen LogP contribution >= 0.6 is 11.8 Å². The van der Waals surface area contributed by atoms with Crippen molar-refractivity contribution in [1.29, 1.82) is 0 Å². The van der Waals surface area contributed by atoms with Gasteiger partial charge in [0.2, 0.25) is 5.96 Å². The van der Waals surface area contributed by atoms with E-state index >= 15 is 0 Å². The third kappa shape index (κ3) is 4.54. The fraction of sp³-hybridized carbons (Fsp3) is 0.0667. The summed E-state index contributed by atoms with van der Waals surface area (Å²) < 4.78 is 0. The molecule has 0 atom stereocenters. The number of hydrogen-bond acceptors (Lipinski definition) is 6. The van der Waals surface area contributed by atoms with Crippen molar-refractivity contribution < 1.29 is 10.0 Å². The first-order chi connectivity index (χ1) is 11.5. The molecule has 0 radical (unpaired) electrons. The van der Waals surface area contributed by atoms with Gasteiger partial charge in [-0.05, 0) is 17.7 Å². The number of aliphatic hydroxyl groups is 1. The number of nitrogens with zero attached hydrogens (tertiary/aromatic N) is 3. The number of nitro benzene ring substituents is 1. The van der Waals surface area contributed by atoms with Gasteiger partial charge in [-0.15, -0.1) is 5.10 Å². The fourth-order valence-corrected chi connectivity index (χ4v) is 2.87. The molecule has 0 aliphatic carbocycles. The number of guanidine groups is 1. The van der Waals surface area contributed by atoms with Crippen LogP contribution in [0.25, 0.3) is 0 Å². The summed E-state index contributed by atoms with van der Waals surface area (Å²) in [5, 5.41) is 27.6. The lowest BCUT2D eigenvalue weighted by Crippen LogP contribution is -2.21. The molecular formula is C15H15N5O3S. The number of hydrogen-bond donors (Lipinski definition) is 3. The van der Waals surface area contributed by atoms with Crippen molar-refractivity contribution in [3.63, 3.8) is 0 Å². The average molecular weight is 345 g/mol. The van der Waals surface area contributed by atoms with Gasteiger partial charge in [-0.3, -0.25) is 10.1 Å². The van der Waals surface area contributed by atoms with Crippen LogP contribution in [0, 0.1) is 10.1 Å². The molecule has 8 nitrogen and oxygen atoms in total. The molecule has 0 fully saturated rings. The van der Waals surface area contributed by atoms with E-state index < -0.39 is 4.92 Å². The molecule has 0 aliphatic rings. The molecule has 2 aromatic carbocycles. The number of non-ortho nitro benzene ring substituents is 1. The van der Waals surface area contributed by atoms with Crippen molar-refractivity contribution in [1.82, 2.24) is 0 Å². The Balaban J connectivity index is 2.42. The smallest absolute Gasteiger partial charge is 0.270 e. The van der Waals surface area contributed by atoms with Gasteiger partial charge in [0.25, 0.3) is 5.69 Å². The quantitative estimate of drug-likeness (QED) is 0.316. The molecule has 24 heavy (non-hydrogen) atoms. The molecule has 0 spiro atoms. The van der Waals surface area contributed by atoms with E-state index in [0.717, 1.165) is 15.4 Å². The van der Waals surface area contributed by atoms with Crippen LogP contribution in [0.15, 0.2) is 62.5 Å². The second-order valence-electron chi connectivity index (χ2n) is 4.62. The van der Waals surface area contributed by atoms with Crippen LogP contribution in [0.1, 0.15) is 11.1 Å². The zero-order chi connectivity index (χ0) is 17.5. The summed E-state index contributed by atoms with van der Waals surface area (Å²) in [5.41, 5.74) is 11.6. The molecule has 0 aliphatic heterocycles. The van der Waals surface area contributed by atoms with E-state index in [9.17, 15) is 15.2 Å². The first-order valence-electron chi connectivity index (χ1n) is 6.78. The van der Waals surface area contributed by atoms with Crippen LogP contribution in [0.4, 0.5) is 5.69 Å². The predicted molar refractivity (Wildman–Crippen MR) is 93.0 cm³/mol. The summed E-state index contributed by atoms with van der Waals surface area (Å²) in [6, 6.07) is 11.7. The third-order valence-corrected chi connectivity index (χ3v) is 4.15. The molecule has 0 saturated carbocycles. The lowest BCUT2D eigenvalue weighted by atomic mass is 10.2. The Labute approximate surface area is 142 Å². The summed E-state index contributed by atoms with van der Waals surface area (Å²) in [6.07, 6.45) is 1.34. The second kappa shape index (κ2) is 8.09. The molecule has 0 aromatic heterocycles. The Kier molecular flexibility index (Phi) is 5.88. The van der Waals surface area contributed by atoms with E-state index in [1.807, 2.05) is 18.2 Å². The molecule has 2 aromatic rings. The van der Waals surface area contributed by atoms with E-state index in [0.29, 0.717) is 5.56 Å². The number of aliphatic hydroxyl groups excluding tert-OH is 1. The van der Waals surface area contributed by atoms with Crippen molar-refractivity contribution in [3.05, 3.63) is 63.7 Å². The molecule has 0 bridgehead atoms. The van der Waals surface area contributed by atoms with Crippen LogP contribution in [0.5, 0.6) is 0 Å². The minimum Gasteiger partial charge on any atom is -0.392 e. The van der Waals surface area contributed by atoms with Crippen LogP contribution in [0.2, 0.25) is 0 Å². The van der Waals surface area contributed by atoms with E-state index in [1.165, 1.54) is 30.1 Å². The van der Waals surface area contributed by atoms with E-state index in [1.54, 1.807) is 12.1 Å². The van der Waals surface area contributed by atoms with E-state index in [4.69, 9.17) is 11.5 Å². The van der Waals surface area contributed by atoms with Crippen LogP contribution in [-0.4, -0.2) is 22.2 Å². The Morgan fingerprint density at radius 3 is 2.67 bits per heavy atom. The molecular weight excluding hydrogens is 330 g/mol. The minimum atomic E-state index is -0.492. The highest BCUT2D eigenvalue weighted by molar-refractivity contribution is 7.99. The first-order valence-corrected chi connectivity index (χ1v) is 7.60. The maximum Gasteiger partial charge on any atom is 0.270 e. The number of benzene rings is 2. The highest BCUT2D eigenvalue weighted by Crippen LogP contribution is 2.34. The van der Waals surface area contributed by atoms with Crippen LogP contribution in [0.3, 0.4) is 0 Å². The molecule has 0 heterocycles. The topological polar surface area (TPSA) is 140 Å². The van der Waals surface area contributed by atoms with Gasteiger partial charge in [0.15, 0.2) is 0 Å². The van der Waals surface area contributed by atoms with Gasteiger partial charge in [-0.25, -0.2) is 0 Å². The van der Waals surface area contributed by atoms with Gasteiger partial charge < -0.3 is 16.6 Å². The number of nitro groups is 1. The standard InChI is InChI=1S/C15H15N5O3S/c16-15(17)19-18-8-11-7-12(20(22)23)5-6-14(11)24-13-4-2-1-3-10(13)9-21/h1-8,21H,9H2,(H4,16,17,19). The van der Waals surface area contributed by atoms with Crippen molar-refractivity contribution in [2.24, 2.45) is 21.7 Å². The van der Waals surface area contributed by atoms with Crippen LogP contribution < -0.4 is 11.5 Å². The van der Waals surface area contributed by atoms with Gasteiger partial charge in [0.05, 0.1) is 17.7 Å². The van der Waals surface area contributed by atoms with Crippen LogP contribution in [-0.2, 0) is 6.61 Å². The predicted octanol–water partition coefficient (Wildman–Crippen LogP) is 1.85. The van der Waals surface area contributed by atoms with Gasteiger partial charge in [-0.2, -0.15) is 5.10 Å².